The van der Waals surface area contributed by atoms with Gasteiger partial charge in [-0.05, 0) is 30.7 Å². The molecule has 0 aliphatic carbocycles. The predicted molar refractivity (Wildman–Crippen MR) is 97.4 cm³/mol. The molecular weight excluding hydrogens is 402 g/mol. The van der Waals surface area contributed by atoms with Crippen LogP contribution in [0.4, 0.5) is 0 Å². The molecule has 1 aliphatic heterocycles. The molecule has 1 aromatic rings. The number of halogens is 1. The van der Waals surface area contributed by atoms with E-state index in [9.17, 15) is 9.59 Å². The van der Waals surface area contributed by atoms with Gasteiger partial charge in [0.15, 0.2) is 6.61 Å². The average molecular weight is 416 g/mol. The van der Waals surface area contributed by atoms with Crippen LogP contribution in [0.3, 0.4) is 0 Å². The molecule has 1 amide bonds. The highest BCUT2D eigenvalue weighted by atomic mass is 79.9. The number of thiocarbonyl (C=S) groups is 1. The molecule has 0 aromatic heterocycles. The lowest BCUT2D eigenvalue weighted by atomic mass is 10.2. The highest BCUT2D eigenvalue weighted by molar-refractivity contribution is 9.10. The first kappa shape index (κ1) is 18.0. The van der Waals surface area contributed by atoms with Crippen LogP contribution in [0, 0.1) is 0 Å². The van der Waals surface area contributed by atoms with E-state index in [2.05, 4.69) is 15.9 Å². The van der Waals surface area contributed by atoms with Gasteiger partial charge in [0.25, 0.3) is 5.91 Å². The third kappa shape index (κ3) is 4.55. The number of aliphatic carboxylic acids is 1. The first-order chi connectivity index (χ1) is 10.9. The van der Waals surface area contributed by atoms with E-state index in [0.29, 0.717) is 27.1 Å². The largest absolute Gasteiger partial charge is 0.481 e. The first-order valence-electron chi connectivity index (χ1n) is 6.82. The predicted octanol–water partition coefficient (Wildman–Crippen LogP) is 3.52. The number of carboxylic acid groups (broad SMARTS) is 1. The molecule has 1 aromatic carbocycles. The van der Waals surface area contributed by atoms with Gasteiger partial charge < -0.3 is 9.84 Å². The molecular formula is C15H14BrNO4S2. The topological polar surface area (TPSA) is 66.8 Å². The number of benzene rings is 1. The van der Waals surface area contributed by atoms with Gasteiger partial charge in [0.1, 0.15) is 10.1 Å². The van der Waals surface area contributed by atoms with Crippen molar-refractivity contribution in [3.8, 4) is 5.75 Å². The lowest BCUT2D eigenvalue weighted by Crippen LogP contribution is -2.28. The monoisotopic (exact) mass is 415 g/mol. The minimum absolute atomic E-state index is 0.133. The Kier molecular flexibility index (Phi) is 6.20. The van der Waals surface area contributed by atoms with Gasteiger partial charge in [0.2, 0.25) is 0 Å². The van der Waals surface area contributed by atoms with Crippen molar-refractivity contribution in [2.24, 2.45) is 0 Å². The fourth-order valence-electron chi connectivity index (χ4n) is 1.96. The summed E-state index contributed by atoms with van der Waals surface area (Å²) >= 11 is 9.83. The van der Waals surface area contributed by atoms with Gasteiger partial charge >= 0.3 is 5.97 Å². The summed E-state index contributed by atoms with van der Waals surface area (Å²) < 4.78 is 6.60. The number of carboxylic acids is 1. The SMILES string of the molecule is CCCN1C(=O)/C(=C/c2cc(Br)ccc2OCC(=O)O)SC1=S. The second-order valence-corrected chi connectivity index (χ2v) is 7.29. The standard InChI is InChI=1S/C15H14BrNO4S2/c1-2-5-17-14(20)12(23-15(17)22)7-9-6-10(16)3-4-11(9)21-8-13(18)19/h3-4,6-7H,2,5,8H2,1H3,(H,18,19)/b12-7-. The fraction of sp³-hybridized carbons (Fsp3) is 0.267. The summed E-state index contributed by atoms with van der Waals surface area (Å²) in [6, 6.07) is 5.17. The third-order valence-corrected chi connectivity index (χ3v) is 4.80. The highest BCUT2D eigenvalue weighted by Crippen LogP contribution is 2.35. The quantitative estimate of drug-likeness (QED) is 0.566. The second kappa shape index (κ2) is 7.94. The number of nitrogens with zero attached hydrogens (tertiary/aromatic N) is 1. The lowest BCUT2D eigenvalue weighted by molar-refractivity contribution is -0.139. The molecule has 23 heavy (non-hydrogen) atoms. The number of carbonyl (C=O) groups excluding carboxylic acids is 1. The van der Waals surface area contributed by atoms with Crippen molar-refractivity contribution in [1.82, 2.24) is 4.90 Å². The van der Waals surface area contributed by atoms with E-state index >= 15 is 0 Å². The summed E-state index contributed by atoms with van der Waals surface area (Å²) in [7, 11) is 0. The highest BCUT2D eigenvalue weighted by Gasteiger charge is 2.31. The Bertz CT molecular complexity index is 690. The van der Waals surface area contributed by atoms with E-state index < -0.39 is 12.6 Å². The first-order valence-corrected chi connectivity index (χ1v) is 8.83. The number of hydrogen-bond acceptors (Lipinski definition) is 5. The molecule has 0 radical (unpaired) electrons. The van der Waals surface area contributed by atoms with Gasteiger partial charge in [-0.15, -0.1) is 0 Å². The van der Waals surface area contributed by atoms with Crippen molar-refractivity contribution in [3.05, 3.63) is 33.1 Å². The summed E-state index contributed by atoms with van der Waals surface area (Å²) in [5.41, 5.74) is 0.623. The molecule has 0 saturated carbocycles. The molecule has 5 nitrogen and oxygen atoms in total. The van der Waals surface area contributed by atoms with Gasteiger partial charge in [-0.1, -0.05) is 46.8 Å². The van der Waals surface area contributed by atoms with Crippen molar-refractivity contribution in [3.63, 3.8) is 0 Å². The van der Waals surface area contributed by atoms with Crippen LogP contribution in [0.2, 0.25) is 0 Å². The zero-order valence-electron chi connectivity index (χ0n) is 12.2. The van der Waals surface area contributed by atoms with Gasteiger partial charge in [-0.25, -0.2) is 4.79 Å². The Morgan fingerprint density at radius 3 is 2.91 bits per heavy atom. The van der Waals surface area contributed by atoms with Crippen LogP contribution in [-0.2, 0) is 9.59 Å². The molecule has 1 fully saturated rings. The number of ether oxygens (including phenoxy) is 1. The number of carbonyl (C=O) groups is 2. The number of thioether (sulfide) groups is 1. The van der Waals surface area contributed by atoms with Gasteiger partial charge in [0.05, 0.1) is 4.91 Å². The smallest absolute Gasteiger partial charge is 0.341 e. The van der Waals surface area contributed by atoms with E-state index in [4.69, 9.17) is 22.1 Å². The van der Waals surface area contributed by atoms with Crippen LogP contribution in [0.25, 0.3) is 6.08 Å². The van der Waals surface area contributed by atoms with E-state index in [0.717, 1.165) is 10.9 Å². The zero-order chi connectivity index (χ0) is 17.0. The van der Waals surface area contributed by atoms with Crippen LogP contribution < -0.4 is 4.74 Å². The fourth-order valence-corrected chi connectivity index (χ4v) is 3.64. The minimum atomic E-state index is -1.06. The summed E-state index contributed by atoms with van der Waals surface area (Å²) in [6.45, 7) is 2.12. The average Bonchev–Trinajstić information content (AvgIpc) is 2.74. The Morgan fingerprint density at radius 1 is 1.52 bits per heavy atom. The minimum Gasteiger partial charge on any atom is -0.481 e. The number of amides is 1. The van der Waals surface area contributed by atoms with Crippen LogP contribution in [0.15, 0.2) is 27.6 Å². The molecule has 8 heteroatoms. The summed E-state index contributed by atoms with van der Waals surface area (Å²) in [4.78, 5) is 25.1. The van der Waals surface area contributed by atoms with Crippen LogP contribution in [0.5, 0.6) is 5.75 Å². The molecule has 0 unspecified atom stereocenters. The van der Waals surface area contributed by atoms with Crippen molar-refractivity contribution < 1.29 is 19.4 Å². The Hall–Kier alpha value is -1.38. The van der Waals surface area contributed by atoms with E-state index in [1.54, 1.807) is 29.2 Å². The van der Waals surface area contributed by atoms with Crippen LogP contribution in [0.1, 0.15) is 18.9 Å². The maximum absolute atomic E-state index is 12.4. The summed E-state index contributed by atoms with van der Waals surface area (Å²) in [5, 5.41) is 8.74. The molecule has 1 N–H and O–H groups in total. The lowest BCUT2D eigenvalue weighted by Gasteiger charge is -2.12. The van der Waals surface area contributed by atoms with Gasteiger partial charge in [-0.2, -0.15) is 0 Å². The zero-order valence-corrected chi connectivity index (χ0v) is 15.5. The van der Waals surface area contributed by atoms with Gasteiger partial charge in [-0.3, -0.25) is 9.69 Å². The summed E-state index contributed by atoms with van der Waals surface area (Å²) in [6.07, 6.45) is 2.50. The van der Waals surface area contributed by atoms with Gasteiger partial charge in [0, 0.05) is 16.6 Å². The molecule has 1 heterocycles. The Balaban J connectivity index is 2.31. The molecule has 2 rings (SSSR count). The van der Waals surface area contributed by atoms with Crippen LogP contribution in [-0.4, -0.2) is 39.4 Å². The maximum Gasteiger partial charge on any atom is 0.341 e. The summed E-state index contributed by atoms with van der Waals surface area (Å²) in [5.74, 6) is -0.796. The molecule has 0 bridgehead atoms. The second-order valence-electron chi connectivity index (χ2n) is 4.70. The van der Waals surface area contributed by atoms with E-state index in [-0.39, 0.29) is 5.91 Å². The molecule has 0 atom stereocenters. The molecule has 0 spiro atoms. The Morgan fingerprint density at radius 2 is 2.26 bits per heavy atom. The normalized spacial score (nSPS) is 16.3. The number of hydrogen-bond donors (Lipinski definition) is 1. The molecule has 122 valence electrons. The van der Waals surface area contributed by atoms with E-state index in [1.165, 1.54) is 11.8 Å². The van der Waals surface area contributed by atoms with E-state index in [1.807, 2.05) is 6.92 Å². The molecule has 1 aliphatic rings. The maximum atomic E-state index is 12.4. The van der Waals surface area contributed by atoms with Crippen molar-refractivity contribution >= 4 is 62.2 Å². The third-order valence-electron chi connectivity index (χ3n) is 2.93. The molecule has 1 saturated heterocycles. The van der Waals surface area contributed by atoms with Crippen molar-refractivity contribution in [2.75, 3.05) is 13.2 Å². The Labute approximate surface area is 151 Å². The van der Waals surface area contributed by atoms with Crippen molar-refractivity contribution in [2.45, 2.75) is 13.3 Å². The van der Waals surface area contributed by atoms with Crippen molar-refractivity contribution in [1.29, 1.82) is 0 Å². The number of rotatable bonds is 6. The van der Waals surface area contributed by atoms with Crippen LogP contribution >= 0.6 is 39.9 Å².